The van der Waals surface area contributed by atoms with Crippen molar-refractivity contribution in [3.63, 3.8) is 0 Å². The summed E-state index contributed by atoms with van der Waals surface area (Å²) in [6.07, 6.45) is 4.73. The highest BCUT2D eigenvalue weighted by Crippen LogP contribution is 2.40. The Bertz CT molecular complexity index is 625. The van der Waals surface area contributed by atoms with Crippen molar-refractivity contribution in [3.05, 3.63) is 35.4 Å². The number of benzene rings is 1. The van der Waals surface area contributed by atoms with Crippen LogP contribution in [0.3, 0.4) is 0 Å². The monoisotopic (exact) mass is 331 g/mol. The van der Waals surface area contributed by atoms with Crippen molar-refractivity contribution in [2.75, 3.05) is 18.6 Å². The van der Waals surface area contributed by atoms with E-state index >= 15 is 0 Å². The van der Waals surface area contributed by atoms with Gasteiger partial charge in [-0.3, -0.25) is 0 Å². The Labute approximate surface area is 131 Å². The van der Waals surface area contributed by atoms with Crippen LogP contribution in [0.2, 0.25) is 0 Å². The van der Waals surface area contributed by atoms with E-state index < -0.39 is 27.0 Å². The SMILES string of the molecule is CC(CNC1(c2ccc(F)cc2F)CCCC1)CS(C)(=O)=O. The van der Waals surface area contributed by atoms with E-state index in [1.54, 1.807) is 0 Å². The first-order valence-corrected chi connectivity index (χ1v) is 9.66. The highest BCUT2D eigenvalue weighted by Gasteiger charge is 2.37. The van der Waals surface area contributed by atoms with Crippen LogP contribution in [-0.2, 0) is 15.4 Å². The van der Waals surface area contributed by atoms with Crippen molar-refractivity contribution in [1.29, 1.82) is 0 Å². The van der Waals surface area contributed by atoms with Gasteiger partial charge in [-0.25, -0.2) is 17.2 Å². The molecule has 2 rings (SSSR count). The van der Waals surface area contributed by atoms with Crippen molar-refractivity contribution >= 4 is 9.84 Å². The number of hydrogen-bond donors (Lipinski definition) is 1. The van der Waals surface area contributed by atoms with E-state index in [1.165, 1.54) is 18.4 Å². The summed E-state index contributed by atoms with van der Waals surface area (Å²) >= 11 is 0. The van der Waals surface area contributed by atoms with Crippen LogP contribution in [0, 0.1) is 17.6 Å². The van der Waals surface area contributed by atoms with Crippen LogP contribution >= 0.6 is 0 Å². The van der Waals surface area contributed by atoms with Gasteiger partial charge in [0.2, 0.25) is 0 Å². The molecular weight excluding hydrogens is 308 g/mol. The fourth-order valence-corrected chi connectivity index (χ4v) is 4.49. The molecule has 1 unspecified atom stereocenters. The molecule has 6 heteroatoms. The van der Waals surface area contributed by atoms with Crippen molar-refractivity contribution in [2.24, 2.45) is 5.92 Å². The van der Waals surface area contributed by atoms with Gasteiger partial charge in [-0.1, -0.05) is 25.8 Å². The van der Waals surface area contributed by atoms with Gasteiger partial charge in [0.1, 0.15) is 21.5 Å². The van der Waals surface area contributed by atoms with Gasteiger partial charge >= 0.3 is 0 Å². The van der Waals surface area contributed by atoms with Gasteiger partial charge in [-0.05, 0) is 31.4 Å². The maximum absolute atomic E-state index is 14.2. The summed E-state index contributed by atoms with van der Waals surface area (Å²) in [6.45, 7) is 2.35. The molecule has 22 heavy (non-hydrogen) atoms. The maximum Gasteiger partial charge on any atom is 0.147 e. The second-order valence-corrected chi connectivity index (χ2v) is 8.68. The standard InChI is InChI=1S/C16H23F2NO2S/c1-12(11-22(2,20)21)10-19-16(7-3-4-8-16)14-6-5-13(17)9-15(14)18/h5-6,9,12,19H,3-4,7-8,10-11H2,1-2H3. The van der Waals surface area contributed by atoms with E-state index in [0.29, 0.717) is 12.1 Å². The molecule has 0 aliphatic heterocycles. The first-order chi connectivity index (χ1) is 10.2. The zero-order chi connectivity index (χ0) is 16.4. The van der Waals surface area contributed by atoms with Crippen LogP contribution in [0.4, 0.5) is 8.78 Å². The fourth-order valence-electron chi connectivity index (χ4n) is 3.34. The number of halogens is 2. The predicted octanol–water partition coefficient (Wildman–Crippen LogP) is 3.00. The summed E-state index contributed by atoms with van der Waals surface area (Å²) in [4.78, 5) is 0. The molecular formula is C16H23F2NO2S. The number of rotatable bonds is 6. The highest BCUT2D eigenvalue weighted by molar-refractivity contribution is 7.90. The topological polar surface area (TPSA) is 46.2 Å². The summed E-state index contributed by atoms with van der Waals surface area (Å²) in [7, 11) is -3.03. The van der Waals surface area contributed by atoms with Crippen molar-refractivity contribution < 1.29 is 17.2 Å². The average molecular weight is 331 g/mol. The smallest absolute Gasteiger partial charge is 0.147 e. The largest absolute Gasteiger partial charge is 0.307 e. The Hall–Kier alpha value is -1.01. The van der Waals surface area contributed by atoms with E-state index in [0.717, 1.165) is 31.7 Å². The van der Waals surface area contributed by atoms with Gasteiger partial charge in [-0.2, -0.15) is 0 Å². The zero-order valence-electron chi connectivity index (χ0n) is 13.0. The summed E-state index contributed by atoms with van der Waals surface area (Å²) in [5, 5.41) is 3.37. The summed E-state index contributed by atoms with van der Waals surface area (Å²) in [6, 6.07) is 3.70. The van der Waals surface area contributed by atoms with Crippen LogP contribution in [0.5, 0.6) is 0 Å². The molecule has 0 spiro atoms. The van der Waals surface area contributed by atoms with Crippen LogP contribution < -0.4 is 5.32 Å². The third-order valence-electron chi connectivity index (χ3n) is 4.28. The summed E-state index contributed by atoms with van der Waals surface area (Å²) in [5.74, 6) is -1.08. The summed E-state index contributed by atoms with van der Waals surface area (Å²) < 4.78 is 50.0. The minimum absolute atomic E-state index is 0.0593. The molecule has 0 heterocycles. The number of nitrogens with one attached hydrogen (secondary N) is 1. The third kappa shape index (κ3) is 4.26. The van der Waals surface area contributed by atoms with Crippen molar-refractivity contribution in [2.45, 2.75) is 38.1 Å². The molecule has 1 N–H and O–H groups in total. The van der Waals surface area contributed by atoms with Gasteiger partial charge < -0.3 is 5.32 Å². The molecule has 1 aliphatic carbocycles. The lowest BCUT2D eigenvalue weighted by atomic mass is 9.87. The van der Waals surface area contributed by atoms with Crippen LogP contribution in [0.1, 0.15) is 38.2 Å². The Morgan fingerprint density at radius 3 is 2.45 bits per heavy atom. The molecule has 124 valence electrons. The molecule has 1 fully saturated rings. The Morgan fingerprint density at radius 1 is 1.27 bits per heavy atom. The van der Waals surface area contributed by atoms with Gasteiger partial charge in [0.05, 0.1) is 5.75 Å². The van der Waals surface area contributed by atoms with Crippen molar-refractivity contribution in [3.8, 4) is 0 Å². The Kier molecular flexibility index (Phi) is 5.22. The average Bonchev–Trinajstić information content (AvgIpc) is 2.84. The molecule has 1 saturated carbocycles. The first kappa shape index (κ1) is 17.3. The second kappa shape index (κ2) is 6.62. The normalized spacial score (nSPS) is 19.3. The van der Waals surface area contributed by atoms with Crippen LogP contribution in [-0.4, -0.2) is 27.0 Å². The van der Waals surface area contributed by atoms with E-state index in [1.807, 2.05) is 6.92 Å². The summed E-state index contributed by atoms with van der Waals surface area (Å²) in [5.41, 5.74) is -0.0262. The molecule has 1 aromatic carbocycles. The number of sulfone groups is 1. The highest BCUT2D eigenvalue weighted by atomic mass is 32.2. The van der Waals surface area contributed by atoms with E-state index in [4.69, 9.17) is 0 Å². The molecule has 0 bridgehead atoms. The minimum Gasteiger partial charge on any atom is -0.307 e. The molecule has 0 amide bonds. The molecule has 0 radical (unpaired) electrons. The molecule has 1 aliphatic rings. The minimum atomic E-state index is -3.03. The lowest BCUT2D eigenvalue weighted by molar-refractivity contribution is 0.310. The second-order valence-electron chi connectivity index (χ2n) is 6.49. The van der Waals surface area contributed by atoms with Gasteiger partial charge in [-0.15, -0.1) is 0 Å². The van der Waals surface area contributed by atoms with Crippen LogP contribution in [0.15, 0.2) is 18.2 Å². The van der Waals surface area contributed by atoms with Crippen LogP contribution in [0.25, 0.3) is 0 Å². The molecule has 1 atom stereocenters. The zero-order valence-corrected chi connectivity index (χ0v) is 13.8. The Morgan fingerprint density at radius 2 is 1.91 bits per heavy atom. The quantitative estimate of drug-likeness (QED) is 0.872. The predicted molar refractivity (Wildman–Crippen MR) is 83.4 cm³/mol. The first-order valence-electron chi connectivity index (χ1n) is 7.60. The Balaban J connectivity index is 2.15. The molecule has 0 aromatic heterocycles. The maximum atomic E-state index is 14.2. The van der Waals surface area contributed by atoms with Crippen molar-refractivity contribution in [1.82, 2.24) is 5.32 Å². The van der Waals surface area contributed by atoms with Gasteiger partial charge in [0.15, 0.2) is 0 Å². The molecule has 3 nitrogen and oxygen atoms in total. The third-order valence-corrected chi connectivity index (χ3v) is 5.45. The molecule has 0 saturated heterocycles. The molecule has 1 aromatic rings. The van der Waals surface area contributed by atoms with E-state index in [-0.39, 0.29) is 11.7 Å². The van der Waals surface area contributed by atoms with E-state index in [9.17, 15) is 17.2 Å². The lowest BCUT2D eigenvalue weighted by Crippen LogP contribution is -2.43. The lowest BCUT2D eigenvalue weighted by Gasteiger charge is -2.33. The van der Waals surface area contributed by atoms with E-state index in [2.05, 4.69) is 5.32 Å². The number of hydrogen-bond acceptors (Lipinski definition) is 3. The van der Waals surface area contributed by atoms with Gasteiger partial charge in [0, 0.05) is 23.4 Å². The fraction of sp³-hybridized carbons (Fsp3) is 0.625. The van der Waals surface area contributed by atoms with Gasteiger partial charge in [0.25, 0.3) is 0 Å².